The summed E-state index contributed by atoms with van der Waals surface area (Å²) >= 11 is 5.90. The molecule has 2 aromatic rings. The molecule has 0 bridgehead atoms. The van der Waals surface area contributed by atoms with Crippen LogP contribution in [0.1, 0.15) is 25.1 Å². The average molecular weight is 212 g/mol. The van der Waals surface area contributed by atoms with E-state index in [0.717, 1.165) is 16.8 Å². The van der Waals surface area contributed by atoms with Crippen LogP contribution in [-0.4, -0.2) is 14.6 Å². The van der Waals surface area contributed by atoms with Crippen LogP contribution in [0.25, 0.3) is 5.52 Å². The zero-order chi connectivity index (χ0) is 10.7. The molecule has 0 aliphatic heterocycles. The predicted octanol–water partition coefficient (Wildman–Crippen LogP) is 3.03. The van der Waals surface area contributed by atoms with Gasteiger partial charge in [0.25, 0.3) is 0 Å². The molecule has 0 saturated heterocycles. The van der Waals surface area contributed by atoms with Crippen molar-refractivity contribution in [2.45, 2.75) is 27.7 Å². The predicted molar refractivity (Wildman–Crippen MR) is 58.8 cm³/mol. The van der Waals surface area contributed by atoms with Crippen molar-refractivity contribution in [3.05, 3.63) is 28.8 Å². The highest BCUT2D eigenvalue weighted by Crippen LogP contribution is 2.19. The third-order valence-corrected chi connectivity index (χ3v) is 2.15. The molecule has 0 aromatic carbocycles. The van der Waals surface area contributed by atoms with Gasteiger partial charge in [-0.15, -0.1) is 0 Å². The van der Waals surface area contributed by atoms with Crippen LogP contribution in [0, 0.1) is 13.8 Å². The zero-order valence-electron chi connectivity index (χ0n) is 8.87. The van der Waals surface area contributed by atoms with Crippen molar-refractivity contribution < 1.29 is 0 Å². The Bertz CT molecular complexity index is 434. The van der Waals surface area contributed by atoms with Crippen LogP contribution in [-0.2, 0) is 0 Å². The Morgan fingerprint density at radius 2 is 1.93 bits per heavy atom. The summed E-state index contributed by atoms with van der Waals surface area (Å²) in [6, 6.07) is 2.04. The van der Waals surface area contributed by atoms with Crippen molar-refractivity contribution in [2.75, 3.05) is 0 Å². The average Bonchev–Trinajstić information content (AvgIpc) is 2.47. The lowest BCUT2D eigenvalue weighted by molar-refractivity contribution is 0.871. The summed E-state index contributed by atoms with van der Waals surface area (Å²) in [4.78, 5) is 3.91. The van der Waals surface area contributed by atoms with Crippen molar-refractivity contribution >= 4 is 17.1 Å². The fourth-order valence-corrected chi connectivity index (χ4v) is 1.65. The van der Waals surface area contributed by atoms with Gasteiger partial charge in [-0.1, -0.05) is 25.4 Å². The maximum absolute atomic E-state index is 5.90. The lowest BCUT2D eigenvalue weighted by atomic mass is 10.3. The Kier molecular flexibility index (Phi) is 3.47. The Labute approximate surface area is 88.7 Å². The molecule has 4 heteroatoms. The van der Waals surface area contributed by atoms with Crippen molar-refractivity contribution in [1.82, 2.24) is 14.6 Å². The topological polar surface area (TPSA) is 30.2 Å². The van der Waals surface area contributed by atoms with Crippen molar-refractivity contribution in [3.8, 4) is 0 Å². The minimum Gasteiger partial charge on any atom is -0.233 e. The minimum atomic E-state index is 0.510. The highest BCUT2D eigenvalue weighted by molar-refractivity contribution is 6.32. The van der Waals surface area contributed by atoms with Crippen molar-refractivity contribution in [1.29, 1.82) is 0 Å². The second-order valence-corrected chi connectivity index (χ2v) is 3.14. The van der Waals surface area contributed by atoms with E-state index in [1.807, 2.05) is 33.8 Å². The van der Waals surface area contributed by atoms with Gasteiger partial charge in [-0.25, -0.2) is 9.50 Å². The monoisotopic (exact) mass is 211 g/mol. The molecule has 0 radical (unpaired) electrons. The number of halogens is 1. The number of aromatic nitrogens is 3. The molecule has 0 amide bonds. The van der Waals surface area contributed by atoms with Gasteiger partial charge >= 0.3 is 0 Å². The standard InChI is InChI=1S/C8H8ClN3.C2H6/c1-5-3-6(2)12-7(5)8(9)10-4-11-12;1-2/h3-4H,1-2H3;1-2H3. The zero-order valence-corrected chi connectivity index (χ0v) is 9.63. The second-order valence-electron chi connectivity index (χ2n) is 2.78. The normalized spacial score (nSPS) is 9.79. The summed E-state index contributed by atoms with van der Waals surface area (Å²) in [5, 5.41) is 4.59. The van der Waals surface area contributed by atoms with Gasteiger partial charge in [-0.3, -0.25) is 0 Å². The lowest BCUT2D eigenvalue weighted by Crippen LogP contribution is -1.94. The number of fused-ring (bicyclic) bond motifs is 1. The van der Waals surface area contributed by atoms with Crippen LogP contribution < -0.4 is 0 Å². The smallest absolute Gasteiger partial charge is 0.156 e. The van der Waals surface area contributed by atoms with Crippen LogP contribution in [0.5, 0.6) is 0 Å². The summed E-state index contributed by atoms with van der Waals surface area (Å²) in [7, 11) is 0. The Hall–Kier alpha value is -1.09. The quantitative estimate of drug-likeness (QED) is 0.671. The summed E-state index contributed by atoms with van der Waals surface area (Å²) in [6.07, 6.45) is 1.46. The van der Waals surface area contributed by atoms with Gasteiger partial charge in [0.15, 0.2) is 5.15 Å². The van der Waals surface area contributed by atoms with E-state index in [-0.39, 0.29) is 0 Å². The van der Waals surface area contributed by atoms with Crippen LogP contribution in [0.2, 0.25) is 5.15 Å². The molecule has 0 spiro atoms. The fraction of sp³-hybridized carbons (Fsp3) is 0.400. The molecule has 2 aromatic heterocycles. The maximum atomic E-state index is 5.90. The number of aryl methyl sites for hydroxylation is 2. The molecule has 0 fully saturated rings. The van der Waals surface area contributed by atoms with E-state index in [1.54, 1.807) is 4.52 Å². The molecule has 3 nitrogen and oxygen atoms in total. The Morgan fingerprint density at radius 3 is 2.50 bits per heavy atom. The van der Waals surface area contributed by atoms with E-state index in [9.17, 15) is 0 Å². The van der Waals surface area contributed by atoms with Gasteiger partial charge in [0.1, 0.15) is 11.8 Å². The van der Waals surface area contributed by atoms with Gasteiger partial charge in [0.2, 0.25) is 0 Å². The SMILES string of the molecule is CC.Cc1cc(C)n2ncnc(Cl)c12. The third kappa shape index (κ3) is 1.73. The van der Waals surface area contributed by atoms with Crippen LogP contribution in [0.3, 0.4) is 0 Å². The van der Waals surface area contributed by atoms with Crippen molar-refractivity contribution in [2.24, 2.45) is 0 Å². The number of rotatable bonds is 0. The second kappa shape index (κ2) is 4.42. The first-order valence-corrected chi connectivity index (χ1v) is 5.03. The first-order chi connectivity index (χ1) is 6.70. The summed E-state index contributed by atoms with van der Waals surface area (Å²) in [5.41, 5.74) is 3.08. The van der Waals surface area contributed by atoms with Gasteiger partial charge in [-0.2, -0.15) is 5.10 Å². The van der Waals surface area contributed by atoms with Crippen LogP contribution in [0.4, 0.5) is 0 Å². The Balaban J connectivity index is 0.000000461. The van der Waals surface area contributed by atoms with E-state index in [0.29, 0.717) is 5.15 Å². The van der Waals surface area contributed by atoms with Gasteiger partial charge in [0.05, 0.1) is 0 Å². The molecular weight excluding hydrogens is 198 g/mol. The highest BCUT2D eigenvalue weighted by Gasteiger charge is 2.06. The number of hydrogen-bond donors (Lipinski definition) is 0. The summed E-state index contributed by atoms with van der Waals surface area (Å²) < 4.78 is 1.80. The Morgan fingerprint density at radius 1 is 1.29 bits per heavy atom. The summed E-state index contributed by atoms with van der Waals surface area (Å²) in [6.45, 7) is 7.99. The van der Waals surface area contributed by atoms with Gasteiger partial charge in [-0.05, 0) is 25.5 Å². The molecule has 0 saturated carbocycles. The minimum absolute atomic E-state index is 0.510. The van der Waals surface area contributed by atoms with Gasteiger partial charge < -0.3 is 0 Å². The third-order valence-electron chi connectivity index (χ3n) is 1.88. The molecule has 0 atom stereocenters. The molecular formula is C10H14ClN3. The first-order valence-electron chi connectivity index (χ1n) is 4.65. The maximum Gasteiger partial charge on any atom is 0.156 e. The highest BCUT2D eigenvalue weighted by atomic mass is 35.5. The number of hydrogen-bond acceptors (Lipinski definition) is 2. The van der Waals surface area contributed by atoms with Crippen LogP contribution in [0.15, 0.2) is 12.4 Å². The van der Waals surface area contributed by atoms with Crippen LogP contribution >= 0.6 is 11.6 Å². The molecule has 0 aliphatic rings. The van der Waals surface area contributed by atoms with E-state index in [4.69, 9.17) is 11.6 Å². The largest absolute Gasteiger partial charge is 0.233 e. The summed E-state index contributed by atoms with van der Waals surface area (Å²) in [5.74, 6) is 0. The van der Waals surface area contributed by atoms with Gasteiger partial charge in [0, 0.05) is 5.69 Å². The molecule has 0 unspecified atom stereocenters. The molecule has 2 rings (SSSR count). The van der Waals surface area contributed by atoms with E-state index in [1.165, 1.54) is 6.33 Å². The van der Waals surface area contributed by atoms with E-state index < -0.39 is 0 Å². The lowest BCUT2D eigenvalue weighted by Gasteiger charge is -1.96. The molecule has 14 heavy (non-hydrogen) atoms. The van der Waals surface area contributed by atoms with E-state index >= 15 is 0 Å². The first kappa shape index (κ1) is 11.0. The molecule has 2 heterocycles. The number of nitrogens with zero attached hydrogens (tertiary/aromatic N) is 3. The van der Waals surface area contributed by atoms with E-state index in [2.05, 4.69) is 10.1 Å². The molecule has 76 valence electrons. The molecule has 0 N–H and O–H groups in total. The molecule has 0 aliphatic carbocycles. The fourth-order valence-electron chi connectivity index (χ4n) is 1.37. The van der Waals surface area contributed by atoms with Crippen molar-refractivity contribution in [3.63, 3.8) is 0 Å².